The molecule has 3 aliphatic heterocycles. The number of nitrogens with one attached hydrogen (secondary N) is 2. The van der Waals surface area contributed by atoms with E-state index in [1.807, 2.05) is 6.92 Å². The van der Waals surface area contributed by atoms with Crippen molar-refractivity contribution in [2.45, 2.75) is 205 Å². The summed E-state index contributed by atoms with van der Waals surface area (Å²) in [5.41, 5.74) is 5.33. The third kappa shape index (κ3) is 21.5. The highest BCUT2D eigenvalue weighted by atomic mass is 31.3. The number of aliphatic hydroxyl groups is 8. The summed E-state index contributed by atoms with van der Waals surface area (Å²) < 4.78 is 69.1. The highest BCUT2D eigenvalue weighted by Crippen LogP contribution is 2.61. The molecule has 3 saturated heterocycles. The summed E-state index contributed by atoms with van der Waals surface area (Å²) in [6.45, 7) is 11.4. The third-order valence-electron chi connectivity index (χ3n) is 12.5. The van der Waals surface area contributed by atoms with E-state index in [1.165, 1.54) is 22.3 Å². The molecule has 24 nitrogen and oxygen atoms in total. The van der Waals surface area contributed by atoms with Gasteiger partial charge in [-0.1, -0.05) is 53.5 Å². The number of amides is 2. The number of ether oxygens (including phenoxy) is 5. The third-order valence-corrected chi connectivity index (χ3v) is 15.1. The van der Waals surface area contributed by atoms with E-state index >= 15 is 0 Å². The molecule has 3 unspecified atom stereocenters. The number of allylic oxidation sites excluding steroid dienone is 8. The van der Waals surface area contributed by atoms with E-state index in [2.05, 4.69) is 73.9 Å². The summed E-state index contributed by atoms with van der Waals surface area (Å²) in [6, 6.07) is -3.52. The standard InChI is InChI=1S/C47H82N2O22P2/c1-26(2)13-9-14-27(3)15-10-16-28(4)17-11-18-29(5)19-12-20-30(6)21-22-64-72(60,61)71-73(62,63)70-46-37(49-32(8)54)40(57)43(35(25-52)67-46)68-45-36(48-31(7)53)39(56)44(34(24-51)66-45)69-47-42(59)41(58)38(55)33(23-50)65-47/h13,15,17,19,30,33-47,50-52,55-59H,9-12,14,16,18,20-25H2,1-8H3,(H,48,53)(H,49,54)(H,60,61)(H,62,63)/t30?,33-,34-,35-,36-,37-,38-,39-,40-,41+,42+,43-,44-,45+,46-,47+/m1/s1. The zero-order chi connectivity index (χ0) is 54.8. The van der Waals surface area contributed by atoms with Crippen LogP contribution in [0.3, 0.4) is 0 Å². The Morgan fingerprint density at radius 1 is 0.562 bits per heavy atom. The van der Waals surface area contributed by atoms with E-state index in [1.54, 1.807) is 0 Å². The number of hydrogen-bond donors (Lipinski definition) is 12. The first-order valence-corrected chi connectivity index (χ1v) is 27.6. The van der Waals surface area contributed by atoms with Crippen molar-refractivity contribution >= 4 is 27.5 Å². The highest BCUT2D eigenvalue weighted by Gasteiger charge is 2.55. The summed E-state index contributed by atoms with van der Waals surface area (Å²) in [5, 5.41) is 89.0. The van der Waals surface area contributed by atoms with Gasteiger partial charge in [-0.15, -0.1) is 0 Å². The minimum atomic E-state index is -5.68. The summed E-state index contributed by atoms with van der Waals surface area (Å²) in [7, 11) is -11.0. The van der Waals surface area contributed by atoms with Gasteiger partial charge in [-0.05, 0) is 98.3 Å². The number of hydrogen-bond acceptors (Lipinski definition) is 20. The van der Waals surface area contributed by atoms with Gasteiger partial charge in [0, 0.05) is 13.8 Å². The Balaban J connectivity index is 1.59. The Hall–Kier alpha value is -2.36. The highest BCUT2D eigenvalue weighted by molar-refractivity contribution is 7.61. The molecule has 422 valence electrons. The van der Waals surface area contributed by atoms with Gasteiger partial charge in [0.2, 0.25) is 11.8 Å². The predicted molar refractivity (Wildman–Crippen MR) is 261 cm³/mol. The second-order valence-corrected chi connectivity index (χ2v) is 22.3. The first kappa shape index (κ1) is 64.9. The molecule has 3 fully saturated rings. The molecule has 0 aromatic carbocycles. The van der Waals surface area contributed by atoms with Crippen LogP contribution < -0.4 is 10.6 Å². The van der Waals surface area contributed by atoms with Crippen molar-refractivity contribution in [1.29, 1.82) is 0 Å². The van der Waals surface area contributed by atoms with Crippen molar-refractivity contribution in [2.75, 3.05) is 26.4 Å². The lowest BCUT2D eigenvalue weighted by molar-refractivity contribution is -0.360. The summed E-state index contributed by atoms with van der Waals surface area (Å²) in [4.78, 5) is 45.8. The lowest BCUT2D eigenvalue weighted by Gasteiger charge is -2.49. The SMILES string of the molecule is CC(=O)N[C@H]1[C@H](O[C@H]2[C@H](O)[C@@H](NC(C)=O)[C@@H](OP(=O)(O)OP(=O)(O)OCCC(C)CCC=C(C)CCC=C(C)CCC=C(C)CCC=C(C)C)O[C@@H]2CO)O[C@H](CO)[C@@H](O[C@@H]2O[C@H](CO)[C@@H](O)[C@H](O)[C@@H]2O)[C@@H]1O. The molecule has 0 aromatic heterocycles. The topological polar surface area (TPSA) is 368 Å². The molecule has 0 spiro atoms. The minimum Gasteiger partial charge on any atom is -0.394 e. The smallest absolute Gasteiger partial charge is 0.394 e. The molecule has 0 aliphatic carbocycles. The maximum Gasteiger partial charge on any atom is 0.483 e. The zero-order valence-electron chi connectivity index (χ0n) is 43.0. The molecule has 18 atom stereocenters. The fourth-order valence-corrected chi connectivity index (χ4v) is 10.5. The molecule has 12 N–H and O–H groups in total. The Kier molecular flexibility index (Phi) is 27.7. The van der Waals surface area contributed by atoms with Gasteiger partial charge in [0.05, 0.1) is 26.4 Å². The molecular weight excluding hydrogens is 1010 g/mol. The van der Waals surface area contributed by atoms with Crippen LogP contribution in [0.5, 0.6) is 0 Å². The number of carbonyl (C=O) groups excluding carboxylic acids is 2. The molecule has 3 aliphatic rings. The van der Waals surface area contributed by atoms with Crippen LogP contribution in [-0.4, -0.2) is 181 Å². The number of rotatable bonds is 29. The van der Waals surface area contributed by atoms with Crippen LogP contribution in [0.25, 0.3) is 0 Å². The van der Waals surface area contributed by atoms with Crippen LogP contribution in [0.2, 0.25) is 0 Å². The van der Waals surface area contributed by atoms with Gasteiger partial charge < -0.3 is 85.0 Å². The van der Waals surface area contributed by atoms with Gasteiger partial charge in [0.15, 0.2) is 18.9 Å². The first-order valence-electron chi connectivity index (χ1n) is 24.6. The number of aliphatic hydroxyl groups excluding tert-OH is 8. The minimum absolute atomic E-state index is 0.0135. The normalized spacial score (nSPS) is 33.6. The fourth-order valence-electron chi connectivity index (χ4n) is 8.36. The Morgan fingerprint density at radius 2 is 1.00 bits per heavy atom. The van der Waals surface area contributed by atoms with Crippen molar-refractivity contribution in [1.82, 2.24) is 10.6 Å². The molecule has 3 rings (SSSR count). The maximum atomic E-state index is 13.2. The average molecular weight is 1090 g/mol. The Labute approximate surface area is 427 Å². The van der Waals surface area contributed by atoms with Crippen molar-refractivity contribution in [3.8, 4) is 0 Å². The zero-order valence-corrected chi connectivity index (χ0v) is 44.8. The van der Waals surface area contributed by atoms with E-state index in [4.69, 9.17) is 32.7 Å². The van der Waals surface area contributed by atoms with Crippen molar-refractivity contribution in [3.05, 3.63) is 46.6 Å². The van der Waals surface area contributed by atoms with Gasteiger partial charge >= 0.3 is 15.6 Å². The summed E-state index contributed by atoms with van der Waals surface area (Å²) in [6.07, 6.45) is -6.95. The first-order chi connectivity index (χ1) is 34.2. The van der Waals surface area contributed by atoms with Crippen LogP contribution in [0.1, 0.15) is 113 Å². The summed E-state index contributed by atoms with van der Waals surface area (Å²) in [5.74, 6) is -1.63. The largest absolute Gasteiger partial charge is 0.483 e. The molecule has 2 amide bonds. The molecular formula is C47H82N2O22P2. The quantitative estimate of drug-likeness (QED) is 0.0376. The van der Waals surface area contributed by atoms with Crippen LogP contribution >= 0.6 is 15.6 Å². The van der Waals surface area contributed by atoms with Gasteiger partial charge in [-0.2, -0.15) is 4.31 Å². The van der Waals surface area contributed by atoms with E-state index < -0.39 is 139 Å². The van der Waals surface area contributed by atoms with Crippen LogP contribution in [0, 0.1) is 5.92 Å². The lowest BCUT2D eigenvalue weighted by atomic mass is 9.94. The second-order valence-electron chi connectivity index (χ2n) is 19.3. The maximum absolute atomic E-state index is 13.2. The van der Waals surface area contributed by atoms with Crippen molar-refractivity contribution in [2.24, 2.45) is 5.92 Å². The van der Waals surface area contributed by atoms with Gasteiger partial charge in [-0.25, -0.2) is 9.13 Å². The molecule has 0 aromatic rings. The molecule has 0 saturated carbocycles. The van der Waals surface area contributed by atoms with Crippen LogP contribution in [0.4, 0.5) is 0 Å². The Bertz CT molecular complexity index is 1950. The molecule has 26 heteroatoms. The van der Waals surface area contributed by atoms with Crippen LogP contribution in [-0.2, 0) is 55.8 Å². The number of phosphoric ester groups is 2. The van der Waals surface area contributed by atoms with Gasteiger partial charge in [0.1, 0.15) is 73.1 Å². The van der Waals surface area contributed by atoms with Crippen molar-refractivity contribution < 1.29 is 106 Å². The average Bonchev–Trinajstić information content (AvgIpc) is 3.29. The number of phosphoric acid groups is 2. The van der Waals surface area contributed by atoms with Crippen molar-refractivity contribution in [3.63, 3.8) is 0 Å². The lowest BCUT2D eigenvalue weighted by Crippen LogP contribution is -2.70. The van der Waals surface area contributed by atoms with E-state index in [0.717, 1.165) is 65.2 Å². The number of carbonyl (C=O) groups is 2. The predicted octanol–water partition coefficient (Wildman–Crippen LogP) is 1.93. The Morgan fingerprint density at radius 3 is 1.48 bits per heavy atom. The second kappa shape index (κ2) is 31.1. The monoisotopic (exact) mass is 1090 g/mol. The van der Waals surface area contributed by atoms with E-state index in [-0.39, 0.29) is 18.9 Å². The molecule has 0 radical (unpaired) electrons. The fraction of sp³-hybridized carbons (Fsp3) is 0.787. The van der Waals surface area contributed by atoms with E-state index in [9.17, 15) is 69.4 Å². The molecule has 0 bridgehead atoms. The van der Waals surface area contributed by atoms with E-state index in [0.29, 0.717) is 0 Å². The van der Waals surface area contributed by atoms with Gasteiger partial charge in [-0.3, -0.25) is 18.6 Å². The van der Waals surface area contributed by atoms with Crippen LogP contribution in [0.15, 0.2) is 46.6 Å². The summed E-state index contributed by atoms with van der Waals surface area (Å²) >= 11 is 0. The van der Waals surface area contributed by atoms with Gasteiger partial charge in [0.25, 0.3) is 0 Å². The molecule has 3 heterocycles. The molecule has 73 heavy (non-hydrogen) atoms.